The number of rotatable bonds is 5. The van der Waals surface area contributed by atoms with Gasteiger partial charge in [-0.25, -0.2) is 9.37 Å². The third-order valence-corrected chi connectivity index (χ3v) is 5.98. The van der Waals surface area contributed by atoms with Crippen LogP contribution in [0.15, 0.2) is 97.7 Å². The monoisotopic (exact) mass is 422 g/mol. The number of halogens is 1. The summed E-state index contributed by atoms with van der Waals surface area (Å²) in [6.45, 7) is 0. The lowest BCUT2D eigenvalue weighted by Gasteiger charge is -2.31. The number of aromatic amines is 1. The Hall–Kier alpha value is -4.26. The molecule has 0 radical (unpaired) electrons. The first kappa shape index (κ1) is 18.5. The van der Waals surface area contributed by atoms with Gasteiger partial charge in [0.05, 0.1) is 18.4 Å². The van der Waals surface area contributed by atoms with Crippen molar-refractivity contribution in [1.82, 2.24) is 29.5 Å². The highest BCUT2D eigenvalue weighted by atomic mass is 19.1. The summed E-state index contributed by atoms with van der Waals surface area (Å²) in [6, 6.07) is 22.7. The lowest BCUT2D eigenvalue weighted by molar-refractivity contribution is 0.432. The van der Waals surface area contributed by atoms with E-state index in [-0.39, 0.29) is 17.9 Å². The van der Waals surface area contributed by atoms with E-state index in [0.717, 1.165) is 33.1 Å². The Morgan fingerprint density at radius 3 is 2.53 bits per heavy atom. The molecule has 0 aliphatic rings. The predicted octanol–water partition coefficient (Wildman–Crippen LogP) is 5.13. The van der Waals surface area contributed by atoms with Gasteiger partial charge in [0.25, 0.3) is 0 Å². The molecule has 6 nitrogen and oxygen atoms in total. The number of hydrogen-bond acceptors (Lipinski definition) is 3. The minimum Gasteiger partial charge on any atom is -0.337 e. The molecule has 2 unspecified atom stereocenters. The third-order valence-electron chi connectivity index (χ3n) is 5.98. The molecule has 32 heavy (non-hydrogen) atoms. The number of H-pyrrole nitrogens is 1. The molecule has 0 bridgehead atoms. The van der Waals surface area contributed by atoms with Crippen LogP contribution in [-0.2, 0) is 0 Å². The van der Waals surface area contributed by atoms with Crippen LogP contribution in [0.3, 0.4) is 0 Å². The average Bonchev–Trinajstić information content (AvgIpc) is 3.59. The summed E-state index contributed by atoms with van der Waals surface area (Å²) in [5.41, 5.74) is 4.69. The molecule has 3 heterocycles. The summed E-state index contributed by atoms with van der Waals surface area (Å²) in [5.74, 6) is -0.264. The second kappa shape index (κ2) is 7.46. The highest BCUT2D eigenvalue weighted by Crippen LogP contribution is 2.40. The van der Waals surface area contributed by atoms with Crippen LogP contribution >= 0.6 is 0 Å². The van der Waals surface area contributed by atoms with Crippen molar-refractivity contribution < 1.29 is 4.39 Å². The second-order valence-corrected chi connectivity index (χ2v) is 7.77. The maximum absolute atomic E-state index is 13.8. The van der Waals surface area contributed by atoms with Gasteiger partial charge in [-0.05, 0) is 41.3 Å². The molecule has 0 saturated carbocycles. The van der Waals surface area contributed by atoms with Gasteiger partial charge in [-0.1, -0.05) is 42.5 Å². The smallest absolute Gasteiger partial charge is 0.123 e. The van der Waals surface area contributed by atoms with Crippen molar-refractivity contribution in [3.8, 4) is 0 Å². The number of imidazole rings is 1. The van der Waals surface area contributed by atoms with Crippen molar-refractivity contribution in [2.45, 2.75) is 12.1 Å². The van der Waals surface area contributed by atoms with E-state index >= 15 is 0 Å². The molecule has 3 aromatic heterocycles. The van der Waals surface area contributed by atoms with Crippen LogP contribution in [0.1, 0.15) is 23.2 Å². The summed E-state index contributed by atoms with van der Waals surface area (Å²) < 4.78 is 18.1. The molecule has 3 aromatic carbocycles. The molecular formula is C25H19FN6. The first-order chi connectivity index (χ1) is 15.8. The quantitative estimate of drug-likeness (QED) is 0.419. The van der Waals surface area contributed by atoms with E-state index in [1.807, 2.05) is 42.6 Å². The van der Waals surface area contributed by atoms with Crippen LogP contribution in [0.4, 0.5) is 4.39 Å². The van der Waals surface area contributed by atoms with Crippen molar-refractivity contribution in [2.24, 2.45) is 0 Å². The average molecular weight is 422 g/mol. The number of fused-ring (bicyclic) bond motifs is 2. The van der Waals surface area contributed by atoms with Gasteiger partial charge in [-0.15, -0.1) is 0 Å². The molecule has 156 valence electrons. The Morgan fingerprint density at radius 2 is 1.69 bits per heavy atom. The van der Waals surface area contributed by atoms with Gasteiger partial charge in [-0.2, -0.15) is 15.4 Å². The van der Waals surface area contributed by atoms with Gasteiger partial charge in [0.15, 0.2) is 0 Å². The fourth-order valence-electron chi connectivity index (χ4n) is 4.56. The zero-order valence-electron chi connectivity index (χ0n) is 17.0. The molecular weight excluding hydrogens is 403 g/mol. The Balaban J connectivity index is 1.67. The summed E-state index contributed by atoms with van der Waals surface area (Å²) in [5, 5.41) is 12.7. The third kappa shape index (κ3) is 2.98. The van der Waals surface area contributed by atoms with E-state index in [1.54, 1.807) is 12.5 Å². The zero-order chi connectivity index (χ0) is 21.5. The SMILES string of the molecule is Fc1ccc(C(C(c2cccc3n[nH]nc23)n2ccc3ccccc32)n2ccnc2)cc1. The Kier molecular flexibility index (Phi) is 4.31. The maximum Gasteiger partial charge on any atom is 0.123 e. The van der Waals surface area contributed by atoms with Gasteiger partial charge in [0, 0.05) is 29.7 Å². The molecule has 6 aromatic rings. The highest BCUT2D eigenvalue weighted by Gasteiger charge is 2.31. The van der Waals surface area contributed by atoms with Gasteiger partial charge >= 0.3 is 0 Å². The van der Waals surface area contributed by atoms with Crippen molar-refractivity contribution in [3.05, 3.63) is 115 Å². The molecule has 0 spiro atoms. The van der Waals surface area contributed by atoms with E-state index in [4.69, 9.17) is 0 Å². The molecule has 6 rings (SSSR count). The van der Waals surface area contributed by atoms with Crippen molar-refractivity contribution in [2.75, 3.05) is 0 Å². The van der Waals surface area contributed by atoms with Crippen LogP contribution in [0.25, 0.3) is 21.9 Å². The van der Waals surface area contributed by atoms with Crippen LogP contribution in [0.2, 0.25) is 0 Å². The summed E-state index contributed by atoms with van der Waals surface area (Å²) in [7, 11) is 0. The topological polar surface area (TPSA) is 64.3 Å². The minimum atomic E-state index is -0.264. The number of aromatic nitrogens is 6. The molecule has 2 atom stereocenters. The molecule has 0 aliphatic heterocycles. The number of benzene rings is 3. The minimum absolute atomic E-state index is 0.191. The lowest BCUT2D eigenvalue weighted by atomic mass is 9.91. The normalized spacial score (nSPS) is 13.5. The first-order valence-electron chi connectivity index (χ1n) is 10.4. The Morgan fingerprint density at radius 1 is 0.812 bits per heavy atom. The van der Waals surface area contributed by atoms with Gasteiger partial charge in [0.1, 0.15) is 16.9 Å². The Bertz CT molecular complexity index is 1500. The fourth-order valence-corrected chi connectivity index (χ4v) is 4.56. The van der Waals surface area contributed by atoms with E-state index in [1.165, 1.54) is 12.1 Å². The van der Waals surface area contributed by atoms with Gasteiger partial charge in [0.2, 0.25) is 0 Å². The van der Waals surface area contributed by atoms with Gasteiger partial charge in [-0.3, -0.25) is 0 Å². The van der Waals surface area contributed by atoms with Crippen molar-refractivity contribution in [3.63, 3.8) is 0 Å². The van der Waals surface area contributed by atoms with E-state index in [2.05, 4.69) is 60.0 Å². The number of nitrogens with zero attached hydrogens (tertiary/aromatic N) is 5. The molecule has 0 aliphatic carbocycles. The highest BCUT2D eigenvalue weighted by molar-refractivity contribution is 5.82. The standard InChI is InChI=1S/C25H19FN6/c26-19-10-8-18(9-11-19)24(31-15-13-27-16-31)25(20-5-3-6-21-23(20)29-30-28-21)32-14-12-17-4-1-2-7-22(17)32/h1-16,24-25H,(H,28,29,30). The second-order valence-electron chi connectivity index (χ2n) is 7.77. The summed E-state index contributed by atoms with van der Waals surface area (Å²) in [4.78, 5) is 4.30. The van der Waals surface area contributed by atoms with E-state index in [9.17, 15) is 4.39 Å². The number of nitrogens with one attached hydrogen (secondary N) is 1. The number of para-hydroxylation sites is 2. The number of hydrogen-bond donors (Lipinski definition) is 1. The van der Waals surface area contributed by atoms with Crippen LogP contribution in [-0.4, -0.2) is 29.5 Å². The Labute approximate surface area is 183 Å². The van der Waals surface area contributed by atoms with Crippen molar-refractivity contribution in [1.29, 1.82) is 0 Å². The van der Waals surface area contributed by atoms with Crippen LogP contribution in [0.5, 0.6) is 0 Å². The van der Waals surface area contributed by atoms with Gasteiger partial charge < -0.3 is 9.13 Å². The summed E-state index contributed by atoms with van der Waals surface area (Å²) in [6.07, 6.45) is 7.60. The first-order valence-corrected chi connectivity index (χ1v) is 10.4. The maximum atomic E-state index is 13.8. The molecule has 1 N–H and O–H groups in total. The zero-order valence-corrected chi connectivity index (χ0v) is 17.0. The van der Waals surface area contributed by atoms with E-state index < -0.39 is 0 Å². The van der Waals surface area contributed by atoms with Crippen LogP contribution < -0.4 is 0 Å². The molecule has 0 fully saturated rings. The molecule has 0 saturated heterocycles. The van der Waals surface area contributed by atoms with E-state index in [0.29, 0.717) is 0 Å². The molecule has 0 amide bonds. The van der Waals surface area contributed by atoms with Crippen molar-refractivity contribution >= 4 is 21.9 Å². The summed E-state index contributed by atoms with van der Waals surface area (Å²) >= 11 is 0. The molecule has 7 heteroatoms. The fraction of sp³-hybridized carbons (Fsp3) is 0.0800. The lowest BCUT2D eigenvalue weighted by Crippen LogP contribution is -2.24. The van der Waals surface area contributed by atoms with Crippen LogP contribution in [0, 0.1) is 5.82 Å². The predicted molar refractivity (Wildman–Crippen MR) is 121 cm³/mol. The largest absolute Gasteiger partial charge is 0.337 e.